The maximum absolute atomic E-state index is 13.7. The minimum atomic E-state index is -3.98. The molecule has 0 aromatic heterocycles. The van der Waals surface area contributed by atoms with E-state index in [1.54, 1.807) is 37.3 Å². The topological polar surface area (TPSA) is 86.8 Å². The zero-order valence-corrected chi connectivity index (χ0v) is 24.4. The Morgan fingerprint density at radius 2 is 1.59 bits per heavy atom. The van der Waals surface area contributed by atoms with Crippen LogP contribution in [0.3, 0.4) is 0 Å². The van der Waals surface area contributed by atoms with E-state index in [0.29, 0.717) is 15.6 Å². The molecule has 7 nitrogen and oxygen atoms in total. The van der Waals surface area contributed by atoms with Gasteiger partial charge < -0.3 is 10.2 Å². The monoisotopic (exact) mass is 589 g/mol. The van der Waals surface area contributed by atoms with Crippen LogP contribution in [0.25, 0.3) is 10.8 Å². The Bertz CT molecular complexity index is 1440. The minimum Gasteiger partial charge on any atom is -0.352 e. The smallest absolute Gasteiger partial charge is 0.243 e. The third-order valence-corrected chi connectivity index (χ3v) is 9.80. The van der Waals surface area contributed by atoms with Gasteiger partial charge in [-0.15, -0.1) is 0 Å². The summed E-state index contributed by atoms with van der Waals surface area (Å²) in [5.41, 5.74) is 0.492. The molecule has 0 unspecified atom stereocenters. The lowest BCUT2D eigenvalue weighted by atomic mass is 9.95. The fourth-order valence-corrected chi connectivity index (χ4v) is 6.55. The van der Waals surface area contributed by atoms with Crippen LogP contribution in [0, 0.1) is 0 Å². The average molecular weight is 591 g/mol. The van der Waals surface area contributed by atoms with Gasteiger partial charge in [0.25, 0.3) is 0 Å². The minimum absolute atomic E-state index is 0.0412. The SMILES string of the molecule is C[C@@H](C(=O)NC1CCCCC1)N(Cc1c(Cl)cccc1Cl)C(=O)CN(C)S(=O)(=O)c1ccc2ccccc2c1. The fourth-order valence-electron chi connectivity index (χ4n) is 4.88. The van der Waals surface area contributed by atoms with Gasteiger partial charge in [-0.2, -0.15) is 4.31 Å². The highest BCUT2D eigenvalue weighted by Crippen LogP contribution is 2.27. The van der Waals surface area contributed by atoms with Gasteiger partial charge in [0.05, 0.1) is 11.4 Å². The maximum Gasteiger partial charge on any atom is 0.243 e. The van der Waals surface area contributed by atoms with Crippen molar-refractivity contribution < 1.29 is 18.0 Å². The summed E-state index contributed by atoms with van der Waals surface area (Å²) in [6.45, 7) is 1.14. The number of nitrogens with one attached hydrogen (secondary N) is 1. The van der Waals surface area contributed by atoms with Crippen LogP contribution in [0.5, 0.6) is 0 Å². The normalized spacial score (nSPS) is 15.3. The van der Waals surface area contributed by atoms with Crippen molar-refractivity contribution in [2.24, 2.45) is 0 Å². The highest BCUT2D eigenvalue weighted by atomic mass is 35.5. The van der Waals surface area contributed by atoms with Crippen molar-refractivity contribution in [1.82, 2.24) is 14.5 Å². The van der Waals surface area contributed by atoms with Gasteiger partial charge >= 0.3 is 0 Å². The number of carbonyl (C=O) groups is 2. The van der Waals surface area contributed by atoms with E-state index < -0.39 is 28.5 Å². The zero-order chi connectivity index (χ0) is 28.2. The summed E-state index contributed by atoms with van der Waals surface area (Å²) in [7, 11) is -2.63. The molecule has 0 bridgehead atoms. The Labute approximate surface area is 240 Å². The van der Waals surface area contributed by atoms with Gasteiger partial charge in [0.2, 0.25) is 21.8 Å². The second-order valence-electron chi connectivity index (χ2n) is 10.0. The van der Waals surface area contributed by atoms with Crippen LogP contribution in [0.4, 0.5) is 0 Å². The van der Waals surface area contributed by atoms with Gasteiger partial charge in [-0.1, -0.05) is 78.9 Å². The van der Waals surface area contributed by atoms with E-state index in [2.05, 4.69) is 5.32 Å². The van der Waals surface area contributed by atoms with Gasteiger partial charge in [0, 0.05) is 35.2 Å². The molecule has 1 aliphatic rings. The number of hydrogen-bond donors (Lipinski definition) is 1. The van der Waals surface area contributed by atoms with E-state index in [0.717, 1.165) is 47.2 Å². The number of likely N-dealkylation sites (N-methyl/N-ethyl adjacent to an activating group) is 1. The summed E-state index contributed by atoms with van der Waals surface area (Å²) in [4.78, 5) is 28.3. The number of rotatable bonds is 9. The number of benzene rings is 3. The van der Waals surface area contributed by atoms with E-state index in [4.69, 9.17) is 23.2 Å². The average Bonchev–Trinajstić information content (AvgIpc) is 2.92. The lowest BCUT2D eigenvalue weighted by molar-refractivity contribution is -0.141. The van der Waals surface area contributed by atoms with E-state index >= 15 is 0 Å². The summed E-state index contributed by atoms with van der Waals surface area (Å²) in [5.74, 6) is -0.831. The van der Waals surface area contributed by atoms with Gasteiger partial charge in [-0.25, -0.2) is 8.42 Å². The van der Waals surface area contributed by atoms with Crippen LogP contribution in [-0.4, -0.2) is 55.1 Å². The van der Waals surface area contributed by atoms with Gasteiger partial charge in [-0.05, 0) is 54.8 Å². The molecule has 0 spiro atoms. The Hall–Kier alpha value is -2.65. The Balaban J connectivity index is 1.57. The third-order valence-electron chi connectivity index (χ3n) is 7.30. The number of nitrogens with zero attached hydrogens (tertiary/aromatic N) is 2. The van der Waals surface area contributed by atoms with Crippen LogP contribution in [0.2, 0.25) is 10.0 Å². The van der Waals surface area contributed by atoms with Crippen LogP contribution < -0.4 is 5.32 Å². The second-order valence-corrected chi connectivity index (χ2v) is 12.9. The second kappa shape index (κ2) is 12.7. The van der Waals surface area contributed by atoms with Crippen molar-refractivity contribution in [3.8, 4) is 0 Å². The molecule has 4 rings (SSSR count). The molecule has 39 heavy (non-hydrogen) atoms. The molecule has 1 fully saturated rings. The summed E-state index contributed by atoms with van der Waals surface area (Å²) < 4.78 is 27.8. The predicted molar refractivity (Wildman–Crippen MR) is 155 cm³/mol. The molecular formula is C29H33Cl2N3O4S. The Morgan fingerprint density at radius 1 is 0.949 bits per heavy atom. The zero-order valence-electron chi connectivity index (χ0n) is 22.1. The summed E-state index contributed by atoms with van der Waals surface area (Å²) in [6, 6.07) is 16.5. The highest BCUT2D eigenvalue weighted by Gasteiger charge is 2.32. The maximum atomic E-state index is 13.7. The number of sulfonamides is 1. The lowest BCUT2D eigenvalue weighted by Crippen LogP contribution is -2.52. The first kappa shape index (κ1) is 29.3. The molecule has 2 amide bonds. The van der Waals surface area contributed by atoms with Crippen LogP contribution in [0.15, 0.2) is 65.6 Å². The first-order valence-corrected chi connectivity index (χ1v) is 15.3. The van der Waals surface area contributed by atoms with Gasteiger partial charge in [-0.3, -0.25) is 9.59 Å². The van der Waals surface area contributed by atoms with Gasteiger partial charge in [0.15, 0.2) is 0 Å². The molecular weight excluding hydrogens is 557 g/mol. The number of carbonyl (C=O) groups excluding carboxylic acids is 2. The van der Waals surface area contributed by atoms with Crippen LogP contribution in [-0.2, 0) is 26.2 Å². The first-order valence-electron chi connectivity index (χ1n) is 13.1. The molecule has 1 atom stereocenters. The fraction of sp³-hybridized carbons (Fsp3) is 0.379. The molecule has 10 heteroatoms. The van der Waals surface area contributed by atoms with E-state index in [1.807, 2.05) is 24.3 Å². The van der Waals surface area contributed by atoms with Crippen molar-refractivity contribution in [2.75, 3.05) is 13.6 Å². The summed E-state index contributed by atoms with van der Waals surface area (Å²) in [6.07, 6.45) is 5.05. The Morgan fingerprint density at radius 3 is 2.26 bits per heavy atom. The first-order chi connectivity index (χ1) is 18.6. The highest BCUT2D eigenvalue weighted by molar-refractivity contribution is 7.89. The van der Waals surface area contributed by atoms with Crippen LogP contribution in [0.1, 0.15) is 44.6 Å². The molecule has 3 aromatic carbocycles. The molecule has 1 N–H and O–H groups in total. The van der Waals surface area contributed by atoms with Crippen molar-refractivity contribution in [1.29, 1.82) is 0 Å². The van der Waals surface area contributed by atoms with Crippen molar-refractivity contribution in [3.63, 3.8) is 0 Å². The molecule has 0 heterocycles. The van der Waals surface area contributed by atoms with Crippen molar-refractivity contribution >= 4 is 55.8 Å². The van der Waals surface area contributed by atoms with Crippen LogP contribution >= 0.6 is 23.2 Å². The molecule has 1 saturated carbocycles. The van der Waals surface area contributed by atoms with E-state index in [9.17, 15) is 18.0 Å². The standard InChI is InChI=1S/C29H33Cl2N3O4S/c1-20(29(36)32-23-11-4-3-5-12-23)34(18-25-26(30)13-8-14-27(25)31)28(35)19-33(2)39(37,38)24-16-15-21-9-6-7-10-22(21)17-24/h6-10,13-17,20,23H,3-5,11-12,18-19H2,1-2H3,(H,32,36)/t20-/m0/s1. The third kappa shape index (κ3) is 6.92. The van der Waals surface area contributed by atoms with Crippen molar-refractivity contribution in [3.05, 3.63) is 76.3 Å². The molecule has 3 aromatic rings. The molecule has 208 valence electrons. The Kier molecular flexibility index (Phi) is 9.54. The van der Waals surface area contributed by atoms with Crippen molar-refractivity contribution in [2.45, 2.75) is 62.6 Å². The quantitative estimate of drug-likeness (QED) is 0.350. The van der Waals surface area contributed by atoms with E-state index in [-0.39, 0.29) is 23.4 Å². The molecule has 0 aliphatic heterocycles. The van der Waals surface area contributed by atoms with Gasteiger partial charge in [0.1, 0.15) is 6.04 Å². The number of halogens is 2. The molecule has 1 aliphatic carbocycles. The molecule has 0 radical (unpaired) electrons. The molecule has 0 saturated heterocycles. The number of hydrogen-bond acceptors (Lipinski definition) is 4. The number of fused-ring (bicyclic) bond motifs is 1. The lowest BCUT2D eigenvalue weighted by Gasteiger charge is -2.32. The largest absolute Gasteiger partial charge is 0.352 e. The van der Waals surface area contributed by atoms with E-state index in [1.165, 1.54) is 18.0 Å². The summed E-state index contributed by atoms with van der Waals surface area (Å²) in [5, 5.41) is 5.47. The predicted octanol–water partition coefficient (Wildman–Crippen LogP) is 5.63. The summed E-state index contributed by atoms with van der Waals surface area (Å²) >= 11 is 12.8. The number of amides is 2.